The third-order valence-electron chi connectivity index (χ3n) is 5.29. The Labute approximate surface area is 138 Å². The van der Waals surface area contributed by atoms with Gasteiger partial charge in [0.05, 0.1) is 5.41 Å². The monoisotopic (exact) mass is 317 g/mol. The van der Waals surface area contributed by atoms with Crippen LogP contribution in [-0.4, -0.2) is 55.7 Å². The van der Waals surface area contributed by atoms with Crippen molar-refractivity contribution in [2.24, 2.45) is 5.41 Å². The fourth-order valence-corrected chi connectivity index (χ4v) is 4.04. The van der Waals surface area contributed by atoms with Gasteiger partial charge in [0.2, 0.25) is 5.91 Å². The van der Waals surface area contributed by atoms with Gasteiger partial charge in [0.1, 0.15) is 0 Å². The number of piperidine rings is 1. The SMILES string of the molecule is COCCCN1CCCC2(CCN(c3ccncc3C)C2)C1=O. The van der Waals surface area contributed by atoms with Crippen molar-refractivity contribution in [2.75, 3.05) is 44.8 Å². The number of carbonyl (C=O) groups excluding carboxylic acids is 1. The van der Waals surface area contributed by atoms with Crippen molar-refractivity contribution < 1.29 is 9.53 Å². The summed E-state index contributed by atoms with van der Waals surface area (Å²) in [6.07, 6.45) is 7.77. The van der Waals surface area contributed by atoms with Crippen molar-refractivity contribution >= 4 is 11.6 Å². The minimum Gasteiger partial charge on any atom is -0.385 e. The quantitative estimate of drug-likeness (QED) is 0.782. The Morgan fingerprint density at radius 3 is 3.00 bits per heavy atom. The summed E-state index contributed by atoms with van der Waals surface area (Å²) in [5.41, 5.74) is 2.23. The molecule has 1 aromatic heterocycles. The lowest BCUT2D eigenvalue weighted by Gasteiger charge is -2.39. The molecular formula is C18H27N3O2. The summed E-state index contributed by atoms with van der Waals surface area (Å²) in [5.74, 6) is 0.356. The van der Waals surface area contributed by atoms with E-state index < -0.39 is 0 Å². The van der Waals surface area contributed by atoms with Gasteiger partial charge in [0, 0.05) is 58.0 Å². The number of carbonyl (C=O) groups is 1. The van der Waals surface area contributed by atoms with Crippen LogP contribution in [0.2, 0.25) is 0 Å². The van der Waals surface area contributed by atoms with E-state index in [-0.39, 0.29) is 5.41 Å². The molecule has 5 nitrogen and oxygen atoms in total. The third-order valence-corrected chi connectivity index (χ3v) is 5.29. The van der Waals surface area contributed by atoms with Gasteiger partial charge in [-0.1, -0.05) is 0 Å². The van der Waals surface area contributed by atoms with Gasteiger partial charge in [-0.15, -0.1) is 0 Å². The zero-order valence-corrected chi connectivity index (χ0v) is 14.3. The zero-order chi connectivity index (χ0) is 16.3. The van der Waals surface area contributed by atoms with E-state index in [0.29, 0.717) is 5.91 Å². The van der Waals surface area contributed by atoms with E-state index in [4.69, 9.17) is 4.74 Å². The van der Waals surface area contributed by atoms with Crippen molar-refractivity contribution in [3.8, 4) is 0 Å². The van der Waals surface area contributed by atoms with Gasteiger partial charge in [-0.2, -0.15) is 0 Å². The summed E-state index contributed by atoms with van der Waals surface area (Å²) in [4.78, 5) is 21.7. The van der Waals surface area contributed by atoms with Gasteiger partial charge >= 0.3 is 0 Å². The number of ether oxygens (including phenoxy) is 1. The lowest BCUT2D eigenvalue weighted by atomic mass is 9.78. The summed E-state index contributed by atoms with van der Waals surface area (Å²) < 4.78 is 5.12. The summed E-state index contributed by atoms with van der Waals surface area (Å²) in [6, 6.07) is 2.07. The van der Waals surface area contributed by atoms with Crippen LogP contribution in [0.5, 0.6) is 0 Å². The molecule has 3 heterocycles. The fourth-order valence-electron chi connectivity index (χ4n) is 4.04. The third kappa shape index (κ3) is 3.20. The summed E-state index contributed by atoms with van der Waals surface area (Å²) >= 11 is 0. The fraction of sp³-hybridized carbons (Fsp3) is 0.667. The minimum absolute atomic E-state index is 0.180. The van der Waals surface area contributed by atoms with Crippen molar-refractivity contribution in [1.29, 1.82) is 0 Å². The number of methoxy groups -OCH3 is 1. The maximum atomic E-state index is 13.1. The van der Waals surface area contributed by atoms with Crippen LogP contribution in [0.4, 0.5) is 5.69 Å². The number of likely N-dealkylation sites (tertiary alicyclic amines) is 1. The number of aryl methyl sites for hydroxylation is 1. The number of nitrogens with zero attached hydrogens (tertiary/aromatic N) is 3. The molecule has 23 heavy (non-hydrogen) atoms. The number of hydrogen-bond donors (Lipinski definition) is 0. The lowest BCUT2D eigenvalue weighted by Crippen LogP contribution is -2.50. The Bertz CT molecular complexity index is 563. The van der Waals surface area contributed by atoms with E-state index in [0.717, 1.165) is 58.5 Å². The molecule has 126 valence electrons. The molecule has 1 amide bonds. The minimum atomic E-state index is -0.180. The molecule has 0 aliphatic carbocycles. The molecule has 5 heteroatoms. The van der Waals surface area contributed by atoms with E-state index in [9.17, 15) is 4.79 Å². The first-order valence-corrected chi connectivity index (χ1v) is 8.60. The number of rotatable bonds is 5. The van der Waals surface area contributed by atoms with E-state index in [1.54, 1.807) is 7.11 Å². The molecule has 2 aliphatic rings. The van der Waals surface area contributed by atoms with E-state index in [2.05, 4.69) is 27.8 Å². The van der Waals surface area contributed by atoms with E-state index >= 15 is 0 Å². The largest absolute Gasteiger partial charge is 0.385 e. The molecular weight excluding hydrogens is 290 g/mol. The Kier molecular flexibility index (Phi) is 4.85. The standard InChI is InChI=1S/C18H27N3O2/c1-15-13-19-8-5-16(15)21-11-7-18(14-21)6-3-9-20(17(18)22)10-4-12-23-2/h5,8,13H,3-4,6-7,9-12,14H2,1-2H3. The van der Waals surface area contributed by atoms with Crippen LogP contribution in [0.3, 0.4) is 0 Å². The first-order chi connectivity index (χ1) is 11.2. The van der Waals surface area contributed by atoms with Gasteiger partial charge in [-0.05, 0) is 44.2 Å². The summed E-state index contributed by atoms with van der Waals surface area (Å²) in [7, 11) is 1.71. The second-order valence-corrected chi connectivity index (χ2v) is 6.86. The summed E-state index contributed by atoms with van der Waals surface area (Å²) in [6.45, 7) is 6.34. The predicted molar refractivity (Wildman–Crippen MR) is 90.5 cm³/mol. The molecule has 0 N–H and O–H groups in total. The first kappa shape index (κ1) is 16.2. The lowest BCUT2D eigenvalue weighted by molar-refractivity contribution is -0.145. The first-order valence-electron chi connectivity index (χ1n) is 8.60. The Morgan fingerprint density at radius 2 is 2.22 bits per heavy atom. The molecule has 0 aromatic carbocycles. The smallest absolute Gasteiger partial charge is 0.230 e. The van der Waals surface area contributed by atoms with Crippen molar-refractivity contribution in [3.05, 3.63) is 24.0 Å². The molecule has 0 bridgehead atoms. The highest BCUT2D eigenvalue weighted by molar-refractivity contribution is 5.85. The average molecular weight is 317 g/mol. The molecule has 1 unspecified atom stereocenters. The number of amides is 1. The second-order valence-electron chi connectivity index (χ2n) is 6.86. The number of aromatic nitrogens is 1. The number of anilines is 1. The molecule has 1 atom stereocenters. The number of pyridine rings is 1. The molecule has 1 aromatic rings. The molecule has 0 saturated carbocycles. The van der Waals surface area contributed by atoms with Crippen molar-refractivity contribution in [2.45, 2.75) is 32.6 Å². The maximum Gasteiger partial charge on any atom is 0.230 e. The topological polar surface area (TPSA) is 45.7 Å². The molecule has 0 radical (unpaired) electrons. The molecule has 2 fully saturated rings. The number of hydrogen-bond acceptors (Lipinski definition) is 4. The normalized spacial score (nSPS) is 24.7. The zero-order valence-electron chi connectivity index (χ0n) is 14.3. The highest BCUT2D eigenvalue weighted by atomic mass is 16.5. The van der Waals surface area contributed by atoms with Gasteiger partial charge in [-0.25, -0.2) is 0 Å². The van der Waals surface area contributed by atoms with Crippen molar-refractivity contribution in [3.63, 3.8) is 0 Å². The van der Waals surface area contributed by atoms with Crippen LogP contribution in [-0.2, 0) is 9.53 Å². The Morgan fingerprint density at radius 1 is 1.35 bits per heavy atom. The average Bonchev–Trinajstić information content (AvgIpc) is 2.97. The van der Waals surface area contributed by atoms with Crippen LogP contribution >= 0.6 is 0 Å². The van der Waals surface area contributed by atoms with Gasteiger partial charge in [0.15, 0.2) is 0 Å². The second kappa shape index (κ2) is 6.87. The van der Waals surface area contributed by atoms with Gasteiger partial charge < -0.3 is 14.5 Å². The van der Waals surface area contributed by atoms with Crippen LogP contribution in [0.25, 0.3) is 0 Å². The molecule has 3 rings (SSSR count). The maximum absolute atomic E-state index is 13.1. The van der Waals surface area contributed by atoms with E-state index in [1.165, 1.54) is 11.3 Å². The van der Waals surface area contributed by atoms with Crippen LogP contribution in [0, 0.1) is 12.3 Å². The van der Waals surface area contributed by atoms with Crippen LogP contribution in [0.1, 0.15) is 31.2 Å². The van der Waals surface area contributed by atoms with Crippen LogP contribution in [0.15, 0.2) is 18.5 Å². The van der Waals surface area contributed by atoms with Crippen LogP contribution < -0.4 is 4.90 Å². The Balaban J connectivity index is 1.70. The Hall–Kier alpha value is -1.62. The highest BCUT2D eigenvalue weighted by Crippen LogP contribution is 2.42. The van der Waals surface area contributed by atoms with Crippen molar-refractivity contribution in [1.82, 2.24) is 9.88 Å². The predicted octanol–water partition coefficient (Wildman–Crippen LogP) is 2.25. The summed E-state index contributed by atoms with van der Waals surface area (Å²) in [5, 5.41) is 0. The molecule has 1 spiro atoms. The van der Waals surface area contributed by atoms with E-state index in [1.807, 2.05) is 12.4 Å². The molecule has 2 aliphatic heterocycles. The van der Waals surface area contributed by atoms with Gasteiger partial charge in [0.25, 0.3) is 0 Å². The van der Waals surface area contributed by atoms with Gasteiger partial charge in [-0.3, -0.25) is 9.78 Å². The highest BCUT2D eigenvalue weighted by Gasteiger charge is 2.48. The molecule has 2 saturated heterocycles.